The third-order valence-corrected chi connectivity index (χ3v) is 6.42. The van der Waals surface area contributed by atoms with E-state index in [1.165, 1.54) is 6.21 Å². The van der Waals surface area contributed by atoms with Crippen LogP contribution in [0.3, 0.4) is 0 Å². The van der Waals surface area contributed by atoms with Crippen molar-refractivity contribution in [3.8, 4) is 5.75 Å². The number of aliphatic carboxylic acids is 1. The summed E-state index contributed by atoms with van der Waals surface area (Å²) in [5.41, 5.74) is 3.63. The number of aryl methyl sites for hydroxylation is 2. The Hall–Kier alpha value is -4.46. The second-order valence-electron chi connectivity index (χ2n) is 8.91. The number of nitrogens with two attached hydrogens (primary N) is 1. The Kier molecular flexibility index (Phi) is 8.30. The highest BCUT2D eigenvalue weighted by Gasteiger charge is 2.35. The van der Waals surface area contributed by atoms with Crippen molar-refractivity contribution in [2.45, 2.75) is 31.7 Å². The van der Waals surface area contributed by atoms with E-state index in [0.29, 0.717) is 42.7 Å². The first-order valence-corrected chi connectivity index (χ1v) is 12.2. The lowest BCUT2D eigenvalue weighted by molar-refractivity contribution is -0.139. The van der Waals surface area contributed by atoms with Crippen molar-refractivity contribution in [2.24, 2.45) is 10.9 Å². The van der Waals surface area contributed by atoms with Crippen molar-refractivity contribution in [1.82, 2.24) is 4.90 Å². The van der Waals surface area contributed by atoms with Crippen LogP contribution in [0.1, 0.15) is 50.2 Å². The van der Waals surface area contributed by atoms with Crippen LogP contribution in [0.2, 0.25) is 0 Å². The van der Waals surface area contributed by atoms with Crippen molar-refractivity contribution in [3.63, 3.8) is 0 Å². The van der Waals surface area contributed by atoms with Gasteiger partial charge in [-0.15, -0.1) is 0 Å². The Morgan fingerprint density at radius 2 is 1.73 bits per heavy atom. The van der Waals surface area contributed by atoms with Gasteiger partial charge in [-0.1, -0.05) is 42.5 Å². The zero-order valence-electron chi connectivity index (χ0n) is 20.4. The van der Waals surface area contributed by atoms with Gasteiger partial charge in [0.05, 0.1) is 12.3 Å². The number of amides is 1. The van der Waals surface area contributed by atoms with Crippen molar-refractivity contribution in [2.75, 3.05) is 13.2 Å². The van der Waals surface area contributed by atoms with Gasteiger partial charge in [-0.3, -0.25) is 9.59 Å². The average molecular weight is 500 g/mol. The molecule has 1 atom stereocenters. The molecule has 4 rings (SSSR count). The van der Waals surface area contributed by atoms with E-state index in [1.807, 2.05) is 30.3 Å². The zero-order chi connectivity index (χ0) is 26.2. The van der Waals surface area contributed by atoms with E-state index >= 15 is 0 Å². The number of nitrogens with zero attached hydrogens (tertiary/aromatic N) is 2. The summed E-state index contributed by atoms with van der Waals surface area (Å²) in [6, 6.07) is 21.3. The molecule has 3 aromatic rings. The lowest BCUT2D eigenvalue weighted by atomic mass is 9.96. The van der Waals surface area contributed by atoms with Crippen LogP contribution < -0.4 is 10.6 Å². The molecule has 3 aromatic carbocycles. The lowest BCUT2D eigenvalue weighted by Crippen LogP contribution is -2.40. The molecule has 8 nitrogen and oxygen atoms in total. The summed E-state index contributed by atoms with van der Waals surface area (Å²) in [5.74, 6) is 4.22. The third kappa shape index (κ3) is 6.41. The van der Waals surface area contributed by atoms with E-state index < -0.39 is 18.6 Å². The smallest absolute Gasteiger partial charge is 0.341 e. The van der Waals surface area contributed by atoms with Gasteiger partial charge in [0.2, 0.25) is 0 Å². The van der Waals surface area contributed by atoms with Crippen molar-refractivity contribution >= 4 is 23.9 Å². The van der Waals surface area contributed by atoms with Gasteiger partial charge in [-0.2, -0.15) is 5.10 Å². The van der Waals surface area contributed by atoms with Crippen LogP contribution in [0, 0.1) is 0 Å². The Bertz CT molecular complexity index is 1290. The zero-order valence-corrected chi connectivity index (χ0v) is 20.4. The molecule has 1 saturated heterocycles. The van der Waals surface area contributed by atoms with Crippen LogP contribution in [0.4, 0.5) is 0 Å². The monoisotopic (exact) mass is 499 g/mol. The van der Waals surface area contributed by atoms with Gasteiger partial charge < -0.3 is 20.6 Å². The number of ether oxygens (including phenoxy) is 1. The van der Waals surface area contributed by atoms with Crippen LogP contribution in [0.5, 0.6) is 5.75 Å². The summed E-state index contributed by atoms with van der Waals surface area (Å²) < 4.78 is 5.50. The molecule has 0 aliphatic carbocycles. The number of carboxylic acid groups (broad SMARTS) is 1. The lowest BCUT2D eigenvalue weighted by Gasteiger charge is -2.24. The molecular formula is C29H29N3O5. The molecule has 1 amide bonds. The quantitative estimate of drug-likeness (QED) is 0.190. The maximum Gasteiger partial charge on any atom is 0.341 e. The number of hydrogen-bond donors (Lipinski definition) is 2. The van der Waals surface area contributed by atoms with Gasteiger partial charge in [0.15, 0.2) is 12.4 Å². The summed E-state index contributed by atoms with van der Waals surface area (Å²) in [7, 11) is 0. The maximum absolute atomic E-state index is 13.6. The minimum atomic E-state index is -1.07. The Morgan fingerprint density at radius 3 is 2.43 bits per heavy atom. The van der Waals surface area contributed by atoms with Crippen LogP contribution in [-0.4, -0.2) is 53.1 Å². The fraction of sp³-hybridized carbons (Fsp3) is 0.241. The van der Waals surface area contributed by atoms with Crippen molar-refractivity contribution in [3.05, 3.63) is 101 Å². The molecule has 0 saturated carbocycles. The van der Waals surface area contributed by atoms with Crippen LogP contribution in [0.25, 0.3) is 0 Å². The van der Waals surface area contributed by atoms with Crippen LogP contribution in [-0.2, 0) is 17.6 Å². The fourth-order valence-electron chi connectivity index (χ4n) is 4.57. The first-order chi connectivity index (χ1) is 18.0. The highest BCUT2D eigenvalue weighted by molar-refractivity contribution is 6.05. The topological polar surface area (TPSA) is 122 Å². The Labute approximate surface area is 215 Å². The first kappa shape index (κ1) is 25.6. The van der Waals surface area contributed by atoms with Crippen molar-refractivity contribution < 1.29 is 24.2 Å². The minimum Gasteiger partial charge on any atom is -0.482 e. The number of ketones is 1. The molecule has 1 fully saturated rings. The normalized spacial score (nSPS) is 15.1. The maximum atomic E-state index is 13.6. The van der Waals surface area contributed by atoms with Crippen LogP contribution in [0.15, 0.2) is 77.9 Å². The number of likely N-dealkylation sites (tertiary alicyclic amines) is 1. The van der Waals surface area contributed by atoms with E-state index in [-0.39, 0.29) is 11.7 Å². The standard InChI is InChI=1S/C29H29N3O5/c30-31-18-21-9-11-22(12-10-21)29(36)32-16-4-7-25(32)28(35)24-14-15-26(37-19-27(33)34)23(17-24)13-8-20-5-2-1-3-6-20/h1-3,5-6,9-12,14-15,17-18,25H,4,7-8,13,16,19,30H2,(H,33,34). The fourth-order valence-corrected chi connectivity index (χ4v) is 4.57. The highest BCUT2D eigenvalue weighted by Crippen LogP contribution is 2.27. The van der Waals surface area contributed by atoms with Gasteiger partial charge in [0, 0.05) is 17.7 Å². The van der Waals surface area contributed by atoms with Crippen LogP contribution >= 0.6 is 0 Å². The molecule has 1 aliphatic rings. The summed E-state index contributed by atoms with van der Waals surface area (Å²) in [4.78, 5) is 39.5. The molecule has 8 heteroatoms. The van der Waals surface area contributed by atoms with E-state index in [1.54, 1.807) is 47.4 Å². The summed E-state index contributed by atoms with van der Waals surface area (Å²) >= 11 is 0. The molecule has 0 spiro atoms. The van der Waals surface area contributed by atoms with E-state index in [4.69, 9.17) is 15.7 Å². The molecule has 1 unspecified atom stereocenters. The largest absolute Gasteiger partial charge is 0.482 e. The second kappa shape index (κ2) is 12.0. The number of carbonyl (C=O) groups is 3. The summed E-state index contributed by atoms with van der Waals surface area (Å²) in [5, 5.41) is 12.5. The third-order valence-electron chi connectivity index (χ3n) is 6.42. The molecule has 3 N–H and O–H groups in total. The molecule has 190 valence electrons. The molecule has 1 heterocycles. The molecular weight excluding hydrogens is 470 g/mol. The van der Waals surface area contributed by atoms with Gasteiger partial charge >= 0.3 is 5.97 Å². The number of hydrazone groups is 1. The van der Waals surface area contributed by atoms with Gasteiger partial charge in [0.25, 0.3) is 5.91 Å². The van der Waals surface area contributed by atoms with Gasteiger partial charge in [-0.25, -0.2) is 4.79 Å². The number of carbonyl (C=O) groups excluding carboxylic acids is 2. The van der Waals surface area contributed by atoms with Gasteiger partial charge in [-0.05, 0) is 72.7 Å². The SMILES string of the molecule is NN=Cc1ccc(C(=O)N2CCCC2C(=O)c2ccc(OCC(=O)O)c(CCc3ccccc3)c2)cc1. The van der Waals surface area contributed by atoms with E-state index in [2.05, 4.69) is 5.10 Å². The molecule has 1 aliphatic heterocycles. The number of rotatable bonds is 10. The molecule has 0 aromatic heterocycles. The van der Waals surface area contributed by atoms with E-state index in [0.717, 1.165) is 23.1 Å². The second-order valence-corrected chi connectivity index (χ2v) is 8.91. The van der Waals surface area contributed by atoms with Crippen molar-refractivity contribution in [1.29, 1.82) is 0 Å². The summed E-state index contributed by atoms with van der Waals surface area (Å²) in [6.07, 6.45) is 4.10. The van der Waals surface area contributed by atoms with E-state index in [9.17, 15) is 14.4 Å². The first-order valence-electron chi connectivity index (χ1n) is 12.2. The number of carboxylic acids is 1. The molecule has 0 bridgehead atoms. The van der Waals surface area contributed by atoms with Gasteiger partial charge in [0.1, 0.15) is 5.75 Å². The Balaban J connectivity index is 1.54. The minimum absolute atomic E-state index is 0.136. The highest BCUT2D eigenvalue weighted by atomic mass is 16.5. The molecule has 37 heavy (non-hydrogen) atoms. The Morgan fingerprint density at radius 1 is 1.00 bits per heavy atom. The molecule has 0 radical (unpaired) electrons. The summed E-state index contributed by atoms with van der Waals surface area (Å²) in [6.45, 7) is 0.0361. The average Bonchev–Trinajstić information content (AvgIpc) is 3.41. The number of Topliss-reactive ketones (excluding diaryl/α,β-unsaturated/α-hetero) is 1. The predicted molar refractivity (Wildman–Crippen MR) is 140 cm³/mol. The number of hydrogen-bond acceptors (Lipinski definition) is 6. The predicted octanol–water partition coefficient (Wildman–Crippen LogP) is 3.72. The number of benzene rings is 3.